The fraction of sp³-hybridized carbons (Fsp3) is 0.867. The number of aromatic nitrogens is 3. The molecule has 1 N–H and O–H groups in total. The lowest BCUT2D eigenvalue weighted by atomic mass is 10.0. The van der Waals surface area contributed by atoms with Crippen molar-refractivity contribution in [3.63, 3.8) is 0 Å². The zero-order valence-electron chi connectivity index (χ0n) is 12.8. The fourth-order valence-corrected chi connectivity index (χ4v) is 3.07. The molecule has 0 saturated heterocycles. The van der Waals surface area contributed by atoms with Crippen molar-refractivity contribution in [2.75, 3.05) is 0 Å². The molecule has 1 aromatic rings. The van der Waals surface area contributed by atoms with Crippen LogP contribution >= 0.6 is 15.9 Å². The average Bonchev–Trinajstić information content (AvgIpc) is 2.76. The lowest BCUT2D eigenvalue weighted by Gasteiger charge is -2.10. The molecule has 0 bridgehead atoms. The molecule has 0 radical (unpaired) electrons. The minimum atomic E-state index is -0.464. The maximum absolute atomic E-state index is 10.1. The molecule has 1 atom stereocenters. The predicted octanol–water partition coefficient (Wildman–Crippen LogP) is 4.53. The van der Waals surface area contributed by atoms with Gasteiger partial charge in [-0.1, -0.05) is 69.9 Å². The van der Waals surface area contributed by atoms with Crippen molar-refractivity contribution in [1.82, 2.24) is 15.0 Å². The molecule has 1 rings (SSSR count). The van der Waals surface area contributed by atoms with Gasteiger partial charge in [-0.2, -0.15) is 0 Å². The summed E-state index contributed by atoms with van der Waals surface area (Å²) in [5.74, 6) is 0. The molecule has 0 aromatic carbocycles. The molecule has 0 amide bonds. The van der Waals surface area contributed by atoms with E-state index < -0.39 is 6.10 Å². The van der Waals surface area contributed by atoms with Crippen LogP contribution in [0.2, 0.25) is 0 Å². The highest BCUT2D eigenvalue weighted by Crippen LogP contribution is 2.24. The van der Waals surface area contributed by atoms with E-state index in [0.29, 0.717) is 4.60 Å². The lowest BCUT2D eigenvalue weighted by Crippen LogP contribution is -2.05. The fourth-order valence-electron chi connectivity index (χ4n) is 2.48. The monoisotopic (exact) mass is 345 g/mol. The van der Waals surface area contributed by atoms with Crippen molar-refractivity contribution in [2.24, 2.45) is 7.05 Å². The number of aliphatic hydroxyl groups excluding tert-OH is 1. The first kappa shape index (κ1) is 17.6. The molecule has 0 aliphatic heterocycles. The van der Waals surface area contributed by atoms with Crippen LogP contribution in [0.15, 0.2) is 4.60 Å². The van der Waals surface area contributed by atoms with Crippen LogP contribution in [0.1, 0.15) is 82.9 Å². The summed E-state index contributed by atoms with van der Waals surface area (Å²) >= 11 is 3.33. The number of rotatable bonds is 11. The van der Waals surface area contributed by atoms with Crippen LogP contribution in [0, 0.1) is 0 Å². The van der Waals surface area contributed by atoms with Crippen LogP contribution < -0.4 is 0 Å². The predicted molar refractivity (Wildman–Crippen MR) is 85.5 cm³/mol. The summed E-state index contributed by atoms with van der Waals surface area (Å²) in [6.07, 6.45) is 12.0. The van der Waals surface area contributed by atoms with Crippen molar-refractivity contribution in [3.05, 3.63) is 10.3 Å². The van der Waals surface area contributed by atoms with Gasteiger partial charge in [0.05, 0.1) is 6.10 Å². The highest BCUT2D eigenvalue weighted by Gasteiger charge is 2.16. The number of hydrogen-bond donors (Lipinski definition) is 1. The lowest BCUT2D eigenvalue weighted by molar-refractivity contribution is 0.153. The zero-order chi connectivity index (χ0) is 14.8. The van der Waals surface area contributed by atoms with Crippen LogP contribution in [0.5, 0.6) is 0 Å². The van der Waals surface area contributed by atoms with Gasteiger partial charge in [0.1, 0.15) is 5.69 Å². The Morgan fingerprint density at radius 1 is 1.05 bits per heavy atom. The summed E-state index contributed by atoms with van der Waals surface area (Å²) in [7, 11) is 1.81. The van der Waals surface area contributed by atoms with E-state index in [1.165, 1.54) is 51.4 Å². The Kier molecular flexibility index (Phi) is 9.10. The van der Waals surface area contributed by atoms with Crippen LogP contribution in [0.4, 0.5) is 0 Å². The number of hydrogen-bond acceptors (Lipinski definition) is 3. The molecule has 116 valence electrons. The van der Waals surface area contributed by atoms with Crippen molar-refractivity contribution >= 4 is 15.9 Å². The molecule has 0 saturated carbocycles. The van der Waals surface area contributed by atoms with Gasteiger partial charge in [0.25, 0.3) is 0 Å². The van der Waals surface area contributed by atoms with Gasteiger partial charge < -0.3 is 5.11 Å². The maximum atomic E-state index is 10.1. The molecule has 0 aliphatic carbocycles. The number of nitrogens with zero attached hydrogens (tertiary/aromatic N) is 3. The van der Waals surface area contributed by atoms with Gasteiger partial charge in [0, 0.05) is 7.05 Å². The molecule has 1 aromatic heterocycles. The Bertz CT molecular complexity index is 349. The minimum absolute atomic E-state index is 0.464. The van der Waals surface area contributed by atoms with E-state index in [1.807, 2.05) is 7.05 Å². The standard InChI is InChI=1S/C15H28BrN3O/c1-3-4-5-6-7-8-9-10-11-12-13(20)14-15(16)17-18-19(14)2/h13,20H,3-12H2,1-2H3. The first-order valence-corrected chi connectivity index (χ1v) is 8.69. The van der Waals surface area contributed by atoms with E-state index in [-0.39, 0.29) is 0 Å². The van der Waals surface area contributed by atoms with Gasteiger partial charge in [-0.25, -0.2) is 4.68 Å². The molecule has 1 unspecified atom stereocenters. The van der Waals surface area contributed by atoms with E-state index in [9.17, 15) is 5.11 Å². The van der Waals surface area contributed by atoms with Gasteiger partial charge in [-0.15, -0.1) is 5.10 Å². The zero-order valence-corrected chi connectivity index (χ0v) is 14.4. The Morgan fingerprint density at radius 2 is 1.60 bits per heavy atom. The number of unbranched alkanes of at least 4 members (excludes halogenated alkanes) is 8. The largest absolute Gasteiger partial charge is 0.387 e. The van der Waals surface area contributed by atoms with Crippen LogP contribution in [-0.4, -0.2) is 20.1 Å². The molecule has 0 aliphatic rings. The van der Waals surface area contributed by atoms with Crippen LogP contribution in [0.3, 0.4) is 0 Å². The quantitative estimate of drug-likeness (QED) is 0.599. The normalized spacial score (nSPS) is 12.8. The number of halogens is 1. The van der Waals surface area contributed by atoms with E-state index in [1.54, 1.807) is 4.68 Å². The third-order valence-corrected chi connectivity index (χ3v) is 4.29. The average molecular weight is 346 g/mol. The van der Waals surface area contributed by atoms with Gasteiger partial charge in [-0.3, -0.25) is 0 Å². The van der Waals surface area contributed by atoms with E-state index in [2.05, 4.69) is 33.2 Å². The van der Waals surface area contributed by atoms with E-state index >= 15 is 0 Å². The van der Waals surface area contributed by atoms with Crippen LogP contribution in [0.25, 0.3) is 0 Å². The highest BCUT2D eigenvalue weighted by atomic mass is 79.9. The Balaban J connectivity index is 2.04. The smallest absolute Gasteiger partial charge is 0.154 e. The second-order valence-electron chi connectivity index (χ2n) is 5.52. The SMILES string of the molecule is CCCCCCCCCCCC(O)c1c(Br)nnn1C. The molecule has 20 heavy (non-hydrogen) atoms. The molecule has 0 spiro atoms. The second-order valence-corrected chi connectivity index (χ2v) is 6.27. The summed E-state index contributed by atoms with van der Waals surface area (Å²) < 4.78 is 2.30. The third-order valence-electron chi connectivity index (χ3n) is 3.72. The topological polar surface area (TPSA) is 50.9 Å². The van der Waals surface area contributed by atoms with Crippen molar-refractivity contribution in [1.29, 1.82) is 0 Å². The minimum Gasteiger partial charge on any atom is -0.387 e. The summed E-state index contributed by atoms with van der Waals surface area (Å²) in [4.78, 5) is 0. The molecule has 0 fully saturated rings. The first-order chi connectivity index (χ1) is 9.66. The summed E-state index contributed by atoms with van der Waals surface area (Å²) in [6.45, 7) is 2.25. The van der Waals surface area contributed by atoms with Crippen molar-refractivity contribution in [3.8, 4) is 0 Å². The Morgan fingerprint density at radius 3 is 2.10 bits per heavy atom. The van der Waals surface area contributed by atoms with E-state index in [0.717, 1.165) is 18.5 Å². The maximum Gasteiger partial charge on any atom is 0.154 e. The van der Waals surface area contributed by atoms with Gasteiger partial charge in [0.15, 0.2) is 4.60 Å². The second kappa shape index (κ2) is 10.3. The molecule has 1 heterocycles. The molecular formula is C15H28BrN3O. The van der Waals surface area contributed by atoms with Gasteiger partial charge in [0.2, 0.25) is 0 Å². The van der Waals surface area contributed by atoms with E-state index in [4.69, 9.17) is 0 Å². The molecular weight excluding hydrogens is 318 g/mol. The van der Waals surface area contributed by atoms with Gasteiger partial charge in [-0.05, 0) is 22.4 Å². The summed E-state index contributed by atoms with van der Waals surface area (Å²) in [5, 5.41) is 17.9. The number of aryl methyl sites for hydroxylation is 1. The number of aliphatic hydroxyl groups is 1. The Labute approximate surface area is 131 Å². The summed E-state index contributed by atoms with van der Waals surface area (Å²) in [5.41, 5.74) is 0.782. The summed E-state index contributed by atoms with van der Waals surface area (Å²) in [6, 6.07) is 0. The Hall–Kier alpha value is -0.420. The van der Waals surface area contributed by atoms with Crippen molar-refractivity contribution in [2.45, 2.75) is 77.2 Å². The first-order valence-electron chi connectivity index (χ1n) is 7.90. The van der Waals surface area contributed by atoms with Gasteiger partial charge >= 0.3 is 0 Å². The highest BCUT2D eigenvalue weighted by molar-refractivity contribution is 9.10. The van der Waals surface area contributed by atoms with Crippen molar-refractivity contribution < 1.29 is 5.11 Å². The third kappa shape index (κ3) is 6.35. The molecule has 4 nitrogen and oxygen atoms in total. The van der Waals surface area contributed by atoms with Crippen LogP contribution in [-0.2, 0) is 7.05 Å². The molecule has 5 heteroatoms.